The molecule has 1 atom stereocenters. The molecule has 0 spiro atoms. The third-order valence-corrected chi connectivity index (χ3v) is 3.68. The second kappa shape index (κ2) is 6.83. The number of rotatable bonds is 6. The van der Waals surface area contributed by atoms with Crippen molar-refractivity contribution in [1.82, 2.24) is 10.3 Å². The van der Waals surface area contributed by atoms with Crippen LogP contribution >= 0.6 is 11.6 Å². The Kier molecular flexibility index (Phi) is 5.08. The number of halogens is 1. The van der Waals surface area contributed by atoms with Gasteiger partial charge in [-0.25, -0.2) is 0 Å². The number of carbonyl (C=O) groups excluding carboxylic acids is 1. The Balaban J connectivity index is 2.05. The molecule has 22 heavy (non-hydrogen) atoms. The summed E-state index contributed by atoms with van der Waals surface area (Å²) < 4.78 is 0. The van der Waals surface area contributed by atoms with Gasteiger partial charge in [0.05, 0.1) is 5.92 Å². The summed E-state index contributed by atoms with van der Waals surface area (Å²) >= 11 is 5.91. The first-order chi connectivity index (χ1) is 10.4. The number of carbonyl (C=O) groups is 2. The first-order valence-electron chi connectivity index (χ1n) is 7.16. The van der Waals surface area contributed by atoms with Gasteiger partial charge in [-0.2, -0.15) is 0 Å². The van der Waals surface area contributed by atoms with Gasteiger partial charge in [0.15, 0.2) is 0 Å². The zero-order valence-corrected chi connectivity index (χ0v) is 13.3. The fourth-order valence-electron chi connectivity index (χ4n) is 2.37. The van der Waals surface area contributed by atoms with Crippen molar-refractivity contribution in [2.24, 2.45) is 11.8 Å². The van der Waals surface area contributed by atoms with E-state index in [2.05, 4.69) is 10.3 Å². The standard InChI is InChI=1S/C16H19ClN2O3/c1-9(2)5-11(16(21)22)8-18-15(20)14-6-10-3-4-12(17)7-13(10)19-14/h3-4,6-7,9,11,19H,5,8H2,1-2H3,(H,18,20)(H,21,22). The molecule has 0 saturated carbocycles. The fourth-order valence-corrected chi connectivity index (χ4v) is 2.55. The van der Waals surface area contributed by atoms with Crippen molar-refractivity contribution in [2.75, 3.05) is 6.54 Å². The van der Waals surface area contributed by atoms with Crippen LogP contribution in [0.4, 0.5) is 0 Å². The lowest BCUT2D eigenvalue weighted by Gasteiger charge is -2.15. The molecule has 0 aliphatic carbocycles. The lowest BCUT2D eigenvalue weighted by molar-refractivity contribution is -0.142. The van der Waals surface area contributed by atoms with Gasteiger partial charge in [-0.15, -0.1) is 0 Å². The first kappa shape index (κ1) is 16.4. The molecule has 118 valence electrons. The van der Waals surface area contributed by atoms with Crippen molar-refractivity contribution >= 4 is 34.4 Å². The highest BCUT2D eigenvalue weighted by Gasteiger charge is 2.20. The summed E-state index contributed by atoms with van der Waals surface area (Å²) in [7, 11) is 0. The molecule has 0 aliphatic heterocycles. The van der Waals surface area contributed by atoms with E-state index in [1.54, 1.807) is 18.2 Å². The monoisotopic (exact) mass is 322 g/mol. The van der Waals surface area contributed by atoms with Gasteiger partial charge in [0.2, 0.25) is 0 Å². The summed E-state index contributed by atoms with van der Waals surface area (Å²) in [5, 5.41) is 13.3. The molecule has 6 heteroatoms. The summed E-state index contributed by atoms with van der Waals surface area (Å²) in [5.74, 6) is -1.53. The largest absolute Gasteiger partial charge is 0.481 e. The van der Waals surface area contributed by atoms with Gasteiger partial charge in [-0.3, -0.25) is 9.59 Å². The molecule has 1 aromatic heterocycles. The molecule has 0 radical (unpaired) electrons. The maximum atomic E-state index is 12.1. The van der Waals surface area contributed by atoms with Crippen LogP contribution in [0, 0.1) is 11.8 Å². The zero-order chi connectivity index (χ0) is 16.3. The molecule has 0 saturated heterocycles. The highest BCUT2D eigenvalue weighted by molar-refractivity contribution is 6.31. The Morgan fingerprint density at radius 1 is 1.32 bits per heavy atom. The van der Waals surface area contributed by atoms with Gasteiger partial charge in [0, 0.05) is 22.5 Å². The Hall–Kier alpha value is -2.01. The van der Waals surface area contributed by atoms with Crippen LogP contribution in [-0.2, 0) is 4.79 Å². The van der Waals surface area contributed by atoms with E-state index in [1.165, 1.54) is 0 Å². The zero-order valence-electron chi connectivity index (χ0n) is 12.5. The van der Waals surface area contributed by atoms with Crippen LogP contribution in [-0.4, -0.2) is 28.5 Å². The molecule has 0 aliphatic rings. The Bertz CT molecular complexity index is 694. The van der Waals surface area contributed by atoms with E-state index in [0.29, 0.717) is 17.1 Å². The minimum absolute atomic E-state index is 0.114. The number of hydrogen-bond acceptors (Lipinski definition) is 2. The lowest BCUT2D eigenvalue weighted by Crippen LogP contribution is -2.33. The lowest BCUT2D eigenvalue weighted by atomic mass is 9.97. The van der Waals surface area contributed by atoms with Gasteiger partial charge in [0.25, 0.3) is 5.91 Å². The summed E-state index contributed by atoms with van der Waals surface area (Å²) in [4.78, 5) is 26.3. The highest BCUT2D eigenvalue weighted by atomic mass is 35.5. The number of hydrogen-bond donors (Lipinski definition) is 3. The molecule has 1 amide bonds. The summed E-state index contributed by atoms with van der Waals surface area (Å²) in [5.41, 5.74) is 1.17. The van der Waals surface area contributed by atoms with Crippen LogP contribution in [0.2, 0.25) is 5.02 Å². The minimum atomic E-state index is -0.891. The number of benzene rings is 1. The average Bonchev–Trinajstić information content (AvgIpc) is 2.85. The Labute approximate surface area is 133 Å². The molecular weight excluding hydrogens is 304 g/mol. The van der Waals surface area contributed by atoms with Crippen molar-refractivity contribution in [3.05, 3.63) is 35.0 Å². The SMILES string of the molecule is CC(C)CC(CNC(=O)c1cc2ccc(Cl)cc2[nH]1)C(=O)O. The quantitative estimate of drug-likeness (QED) is 0.763. The van der Waals surface area contributed by atoms with Crippen molar-refractivity contribution in [3.8, 4) is 0 Å². The third-order valence-electron chi connectivity index (χ3n) is 3.44. The van der Waals surface area contributed by atoms with Gasteiger partial charge in [-0.05, 0) is 30.5 Å². The molecule has 0 fully saturated rings. The minimum Gasteiger partial charge on any atom is -0.481 e. The number of aromatic nitrogens is 1. The Morgan fingerprint density at radius 2 is 2.05 bits per heavy atom. The van der Waals surface area contributed by atoms with Crippen LogP contribution in [0.5, 0.6) is 0 Å². The number of aliphatic carboxylic acids is 1. The van der Waals surface area contributed by atoms with Crippen LogP contribution in [0.1, 0.15) is 30.8 Å². The van der Waals surface area contributed by atoms with Crippen molar-refractivity contribution in [3.63, 3.8) is 0 Å². The van der Waals surface area contributed by atoms with E-state index in [1.807, 2.05) is 19.9 Å². The van der Waals surface area contributed by atoms with Crippen LogP contribution in [0.25, 0.3) is 10.9 Å². The molecule has 2 aromatic rings. The average molecular weight is 323 g/mol. The van der Waals surface area contributed by atoms with Gasteiger partial charge in [0.1, 0.15) is 5.69 Å². The normalized spacial score (nSPS) is 12.5. The number of carboxylic acid groups (broad SMARTS) is 1. The molecule has 1 aromatic carbocycles. The summed E-state index contributed by atoms with van der Waals surface area (Å²) in [6.07, 6.45) is 0.526. The van der Waals surface area contributed by atoms with Crippen molar-refractivity contribution in [2.45, 2.75) is 20.3 Å². The van der Waals surface area contributed by atoms with Crippen LogP contribution in [0.3, 0.4) is 0 Å². The van der Waals surface area contributed by atoms with Crippen LogP contribution < -0.4 is 5.32 Å². The maximum absolute atomic E-state index is 12.1. The molecule has 0 bridgehead atoms. The van der Waals surface area contributed by atoms with E-state index in [-0.39, 0.29) is 18.4 Å². The van der Waals surface area contributed by atoms with E-state index in [4.69, 9.17) is 11.6 Å². The smallest absolute Gasteiger partial charge is 0.308 e. The van der Waals surface area contributed by atoms with Gasteiger partial charge in [-0.1, -0.05) is 31.5 Å². The molecule has 3 N–H and O–H groups in total. The Morgan fingerprint density at radius 3 is 2.68 bits per heavy atom. The molecule has 1 heterocycles. The van der Waals surface area contributed by atoms with Crippen molar-refractivity contribution in [1.29, 1.82) is 0 Å². The van der Waals surface area contributed by atoms with E-state index in [0.717, 1.165) is 10.9 Å². The van der Waals surface area contributed by atoms with Gasteiger partial charge >= 0.3 is 5.97 Å². The van der Waals surface area contributed by atoms with E-state index < -0.39 is 11.9 Å². The highest BCUT2D eigenvalue weighted by Crippen LogP contribution is 2.20. The topological polar surface area (TPSA) is 82.2 Å². The van der Waals surface area contributed by atoms with Gasteiger partial charge < -0.3 is 15.4 Å². The number of aromatic amines is 1. The fraction of sp³-hybridized carbons (Fsp3) is 0.375. The molecule has 5 nitrogen and oxygen atoms in total. The number of amides is 1. The summed E-state index contributed by atoms with van der Waals surface area (Å²) in [6, 6.07) is 7.04. The second-order valence-electron chi connectivity index (χ2n) is 5.79. The number of carboxylic acids is 1. The molecule has 2 rings (SSSR count). The summed E-state index contributed by atoms with van der Waals surface area (Å²) in [6.45, 7) is 4.03. The van der Waals surface area contributed by atoms with E-state index >= 15 is 0 Å². The predicted octanol–water partition coefficient (Wildman–Crippen LogP) is 3.30. The number of H-pyrrole nitrogens is 1. The van der Waals surface area contributed by atoms with Crippen molar-refractivity contribution < 1.29 is 14.7 Å². The molecular formula is C16H19ClN2O3. The van der Waals surface area contributed by atoms with Crippen LogP contribution in [0.15, 0.2) is 24.3 Å². The number of fused-ring (bicyclic) bond motifs is 1. The first-order valence-corrected chi connectivity index (χ1v) is 7.54. The second-order valence-corrected chi connectivity index (χ2v) is 6.23. The predicted molar refractivity (Wildman–Crippen MR) is 86.2 cm³/mol. The maximum Gasteiger partial charge on any atom is 0.308 e. The molecule has 1 unspecified atom stereocenters. The van der Waals surface area contributed by atoms with E-state index in [9.17, 15) is 14.7 Å². The number of nitrogens with one attached hydrogen (secondary N) is 2. The third kappa shape index (κ3) is 4.01.